The van der Waals surface area contributed by atoms with Gasteiger partial charge in [0.25, 0.3) is 0 Å². The Kier molecular flexibility index (Phi) is 3.87. The fourth-order valence-corrected chi connectivity index (χ4v) is 3.14. The number of halogens is 1. The molecule has 2 aromatic rings. The molecule has 0 radical (unpaired) electrons. The van der Waals surface area contributed by atoms with Gasteiger partial charge in [-0.05, 0) is 30.2 Å². The van der Waals surface area contributed by atoms with E-state index in [4.69, 9.17) is 0 Å². The molecule has 3 atom stereocenters. The van der Waals surface area contributed by atoms with Gasteiger partial charge in [-0.1, -0.05) is 40.2 Å². The van der Waals surface area contributed by atoms with Crippen molar-refractivity contribution in [3.05, 3.63) is 63.9 Å². The predicted molar refractivity (Wildman–Crippen MR) is 82.4 cm³/mol. The predicted octanol–water partition coefficient (Wildman–Crippen LogP) is 3.15. The summed E-state index contributed by atoms with van der Waals surface area (Å²) in [6, 6.07) is 12.2. The first-order valence-electron chi connectivity index (χ1n) is 6.78. The molecule has 0 bridgehead atoms. The molecule has 4 heteroatoms. The number of aliphatic hydroxyl groups is 1. The van der Waals surface area contributed by atoms with E-state index in [1.165, 1.54) is 11.1 Å². The topological polar surface area (TPSA) is 45.1 Å². The fourth-order valence-electron chi connectivity index (χ4n) is 2.79. The van der Waals surface area contributed by atoms with Crippen LogP contribution < -0.4 is 5.32 Å². The molecule has 0 saturated carbocycles. The highest BCUT2D eigenvalue weighted by Crippen LogP contribution is 2.33. The molecular weight excluding hydrogens is 316 g/mol. The molecule has 104 valence electrons. The zero-order chi connectivity index (χ0) is 14.1. The van der Waals surface area contributed by atoms with Gasteiger partial charge in [-0.2, -0.15) is 0 Å². The van der Waals surface area contributed by atoms with Gasteiger partial charge in [-0.3, -0.25) is 10.3 Å². The maximum absolute atomic E-state index is 10.3. The molecule has 1 aromatic carbocycles. The molecule has 0 amide bonds. The zero-order valence-corrected chi connectivity index (χ0v) is 12.8. The first-order valence-corrected chi connectivity index (χ1v) is 7.58. The molecule has 20 heavy (non-hydrogen) atoms. The van der Waals surface area contributed by atoms with E-state index in [-0.39, 0.29) is 18.2 Å². The number of pyridine rings is 1. The molecule has 1 aliphatic rings. The second-order valence-corrected chi connectivity index (χ2v) is 6.15. The number of hydrogen-bond acceptors (Lipinski definition) is 3. The molecule has 3 rings (SSSR count). The maximum Gasteiger partial charge on any atom is 0.0775 e. The molecule has 0 saturated heterocycles. The summed E-state index contributed by atoms with van der Waals surface area (Å²) in [4.78, 5) is 4.39. The largest absolute Gasteiger partial charge is 0.391 e. The number of hydrogen-bond donors (Lipinski definition) is 2. The molecule has 1 aromatic heterocycles. The van der Waals surface area contributed by atoms with Crippen LogP contribution in [-0.2, 0) is 6.42 Å². The average Bonchev–Trinajstić information content (AvgIpc) is 2.75. The number of nitrogens with one attached hydrogen (secondary N) is 1. The van der Waals surface area contributed by atoms with Crippen molar-refractivity contribution < 1.29 is 5.11 Å². The SMILES string of the molecule is CC(NC1c2ccccc2CC1O)c1cc(Br)ccn1. The lowest BCUT2D eigenvalue weighted by molar-refractivity contribution is 0.135. The summed E-state index contributed by atoms with van der Waals surface area (Å²) < 4.78 is 1.02. The Labute approximate surface area is 127 Å². The van der Waals surface area contributed by atoms with Crippen molar-refractivity contribution in [1.82, 2.24) is 10.3 Å². The van der Waals surface area contributed by atoms with Crippen LogP contribution in [0.5, 0.6) is 0 Å². The number of aliphatic hydroxyl groups excluding tert-OH is 1. The van der Waals surface area contributed by atoms with Crippen LogP contribution in [0.25, 0.3) is 0 Å². The van der Waals surface area contributed by atoms with E-state index < -0.39 is 0 Å². The standard InChI is InChI=1S/C16H17BrN2O/c1-10(14-9-12(17)6-7-18-14)19-16-13-5-3-2-4-11(13)8-15(16)20/h2-7,9-10,15-16,19-20H,8H2,1H3. The molecule has 3 nitrogen and oxygen atoms in total. The molecular formula is C16H17BrN2O. The van der Waals surface area contributed by atoms with Gasteiger partial charge in [0, 0.05) is 23.1 Å². The van der Waals surface area contributed by atoms with Crippen molar-refractivity contribution >= 4 is 15.9 Å². The van der Waals surface area contributed by atoms with Crippen LogP contribution in [-0.4, -0.2) is 16.2 Å². The Morgan fingerprint density at radius 2 is 2.15 bits per heavy atom. The van der Waals surface area contributed by atoms with Gasteiger partial charge >= 0.3 is 0 Å². The minimum atomic E-state index is -0.373. The van der Waals surface area contributed by atoms with Gasteiger partial charge < -0.3 is 5.11 Å². The van der Waals surface area contributed by atoms with Gasteiger partial charge in [0.05, 0.1) is 17.8 Å². The van der Waals surface area contributed by atoms with Crippen molar-refractivity contribution in [1.29, 1.82) is 0 Å². The Morgan fingerprint density at radius 3 is 2.95 bits per heavy atom. The van der Waals surface area contributed by atoms with E-state index in [1.54, 1.807) is 6.20 Å². The van der Waals surface area contributed by atoms with E-state index in [0.717, 1.165) is 10.2 Å². The molecule has 0 aliphatic heterocycles. The lowest BCUT2D eigenvalue weighted by atomic mass is 10.1. The minimum absolute atomic E-state index is 0.0259. The lowest BCUT2D eigenvalue weighted by Crippen LogP contribution is -2.31. The van der Waals surface area contributed by atoms with E-state index in [0.29, 0.717) is 6.42 Å². The van der Waals surface area contributed by atoms with Gasteiger partial charge in [0.15, 0.2) is 0 Å². The van der Waals surface area contributed by atoms with Gasteiger partial charge in [-0.25, -0.2) is 0 Å². The van der Waals surface area contributed by atoms with E-state index >= 15 is 0 Å². The highest BCUT2D eigenvalue weighted by Gasteiger charge is 2.31. The summed E-state index contributed by atoms with van der Waals surface area (Å²) >= 11 is 3.46. The average molecular weight is 333 g/mol. The molecule has 0 spiro atoms. The Bertz CT molecular complexity index is 617. The Hall–Kier alpha value is -1.23. The second-order valence-electron chi connectivity index (χ2n) is 5.24. The number of fused-ring (bicyclic) bond motifs is 1. The van der Waals surface area contributed by atoms with Gasteiger partial charge in [0.1, 0.15) is 0 Å². The van der Waals surface area contributed by atoms with E-state index in [1.807, 2.05) is 24.3 Å². The molecule has 0 fully saturated rings. The van der Waals surface area contributed by atoms with Crippen LogP contribution in [0.1, 0.15) is 35.8 Å². The summed E-state index contributed by atoms with van der Waals surface area (Å²) in [6.45, 7) is 2.07. The second kappa shape index (κ2) is 5.64. The van der Waals surface area contributed by atoms with Crippen LogP contribution in [0.3, 0.4) is 0 Å². The molecule has 3 unspecified atom stereocenters. The van der Waals surface area contributed by atoms with Crippen molar-refractivity contribution in [3.63, 3.8) is 0 Å². The first kappa shape index (κ1) is 13.7. The normalized spacial score (nSPS) is 22.6. The quantitative estimate of drug-likeness (QED) is 0.907. The summed E-state index contributed by atoms with van der Waals surface area (Å²) in [5.41, 5.74) is 3.39. The molecule has 1 aliphatic carbocycles. The number of rotatable bonds is 3. The highest BCUT2D eigenvalue weighted by atomic mass is 79.9. The summed E-state index contributed by atoms with van der Waals surface area (Å²) in [5.74, 6) is 0. The van der Waals surface area contributed by atoms with E-state index in [9.17, 15) is 5.11 Å². The van der Waals surface area contributed by atoms with Crippen LogP contribution in [0.4, 0.5) is 0 Å². The zero-order valence-electron chi connectivity index (χ0n) is 11.3. The van der Waals surface area contributed by atoms with Gasteiger partial charge in [-0.15, -0.1) is 0 Å². The van der Waals surface area contributed by atoms with Crippen LogP contribution in [0.15, 0.2) is 47.1 Å². The number of benzene rings is 1. The summed E-state index contributed by atoms with van der Waals surface area (Å²) in [5, 5.41) is 13.8. The maximum atomic E-state index is 10.3. The third-order valence-corrected chi connectivity index (χ3v) is 4.31. The minimum Gasteiger partial charge on any atom is -0.391 e. The van der Waals surface area contributed by atoms with Crippen molar-refractivity contribution in [2.24, 2.45) is 0 Å². The molecule has 1 heterocycles. The third kappa shape index (κ3) is 2.64. The summed E-state index contributed by atoms with van der Waals surface area (Å²) in [6.07, 6.45) is 2.13. The fraction of sp³-hybridized carbons (Fsp3) is 0.312. The van der Waals surface area contributed by atoms with Crippen LogP contribution in [0.2, 0.25) is 0 Å². The third-order valence-electron chi connectivity index (χ3n) is 3.82. The number of aromatic nitrogens is 1. The van der Waals surface area contributed by atoms with Crippen LogP contribution >= 0.6 is 15.9 Å². The van der Waals surface area contributed by atoms with Crippen molar-refractivity contribution in [2.45, 2.75) is 31.5 Å². The highest BCUT2D eigenvalue weighted by molar-refractivity contribution is 9.10. The van der Waals surface area contributed by atoms with Crippen molar-refractivity contribution in [3.8, 4) is 0 Å². The monoisotopic (exact) mass is 332 g/mol. The first-order chi connectivity index (χ1) is 9.65. The smallest absolute Gasteiger partial charge is 0.0775 e. The van der Waals surface area contributed by atoms with Gasteiger partial charge in [0.2, 0.25) is 0 Å². The van der Waals surface area contributed by atoms with Crippen LogP contribution in [0, 0.1) is 0 Å². The van der Waals surface area contributed by atoms with E-state index in [2.05, 4.69) is 45.3 Å². The Morgan fingerprint density at radius 1 is 1.35 bits per heavy atom. The summed E-state index contributed by atoms with van der Waals surface area (Å²) in [7, 11) is 0. The number of nitrogens with zero attached hydrogens (tertiary/aromatic N) is 1. The Balaban J connectivity index is 1.81. The molecule has 2 N–H and O–H groups in total. The lowest BCUT2D eigenvalue weighted by Gasteiger charge is -2.23. The van der Waals surface area contributed by atoms with Crippen molar-refractivity contribution in [2.75, 3.05) is 0 Å².